The van der Waals surface area contributed by atoms with Crippen molar-refractivity contribution in [3.8, 4) is 35.5 Å². The van der Waals surface area contributed by atoms with Crippen molar-refractivity contribution in [3.05, 3.63) is 180 Å². The highest BCUT2D eigenvalue weighted by Crippen LogP contribution is 2.40. The number of hydrogen-bond donors (Lipinski definition) is 0. The van der Waals surface area contributed by atoms with Crippen LogP contribution in [0.15, 0.2) is 164 Å². The maximum Gasteiger partial charge on any atom is 0.311 e. The van der Waals surface area contributed by atoms with Crippen LogP contribution in [-0.2, 0) is 9.53 Å². The molecule has 0 aromatic heterocycles. The number of hydrogen-bond acceptors (Lipinski definition) is 2. The summed E-state index contributed by atoms with van der Waals surface area (Å²) in [4.78, 5) is 13.3. The van der Waals surface area contributed by atoms with E-state index in [1.165, 1.54) is 64.6 Å². The summed E-state index contributed by atoms with van der Waals surface area (Å²) in [6.07, 6.45) is 0.277. The first-order chi connectivity index (χ1) is 31.2. The molecule has 64 heavy (non-hydrogen) atoms. The van der Waals surface area contributed by atoms with E-state index in [0.29, 0.717) is 0 Å². The van der Waals surface area contributed by atoms with Crippen molar-refractivity contribution in [1.82, 2.24) is 0 Å². The minimum absolute atomic E-state index is 0.0957. The Morgan fingerprint density at radius 3 is 1.03 bits per heavy atom. The van der Waals surface area contributed by atoms with Gasteiger partial charge in [-0.25, -0.2) is 0 Å². The molecule has 0 radical (unpaired) electrons. The average molecular weight is 817 g/mol. The monoisotopic (exact) mass is 816 g/mol. The standard InChI is InChI=1S/C62H40O2/c1-61(2,3)60(63)64-35-34-62(31-28-45-36-48-16-4-10-39-22-25-42-13-7-19-51(45)57(42)54(39)48,32-29-46-37-49-17-5-11-40-23-26-43-14-8-20-52(46)58(43)55(40)49)33-30-47-38-50-18-6-12-41-24-27-44-15-9-21-53(47)59(44)56(41)50/h4-27,36-38H,34-35H2,1-3H3. The average Bonchev–Trinajstić information content (AvgIpc) is 3.32. The molecule has 0 bridgehead atoms. The molecule has 0 heterocycles. The van der Waals surface area contributed by atoms with Crippen LogP contribution < -0.4 is 0 Å². The van der Waals surface area contributed by atoms with Crippen molar-refractivity contribution in [2.24, 2.45) is 10.8 Å². The minimum Gasteiger partial charge on any atom is -0.465 e. The van der Waals surface area contributed by atoms with Crippen molar-refractivity contribution in [3.63, 3.8) is 0 Å². The Labute approximate surface area is 371 Å². The maximum absolute atomic E-state index is 13.3. The van der Waals surface area contributed by atoms with E-state index in [2.05, 4.69) is 199 Å². The topological polar surface area (TPSA) is 26.3 Å². The van der Waals surface area contributed by atoms with E-state index in [9.17, 15) is 4.79 Å². The number of rotatable bonds is 3. The molecule has 0 amide bonds. The fourth-order valence-electron chi connectivity index (χ4n) is 9.91. The lowest BCUT2D eigenvalue weighted by atomic mass is 9.84. The van der Waals surface area contributed by atoms with E-state index >= 15 is 0 Å². The Hall–Kier alpha value is -8.09. The van der Waals surface area contributed by atoms with Gasteiger partial charge in [0.15, 0.2) is 5.41 Å². The number of ether oxygens (including phenoxy) is 1. The van der Waals surface area contributed by atoms with Crippen molar-refractivity contribution in [2.75, 3.05) is 6.61 Å². The van der Waals surface area contributed by atoms with Crippen molar-refractivity contribution < 1.29 is 9.53 Å². The molecule has 0 spiro atoms. The Balaban J connectivity index is 1.13. The zero-order chi connectivity index (χ0) is 43.2. The maximum atomic E-state index is 13.3. The molecule has 0 N–H and O–H groups in total. The first-order valence-corrected chi connectivity index (χ1v) is 22.0. The predicted octanol–water partition coefficient (Wildman–Crippen LogP) is 14.8. The smallest absolute Gasteiger partial charge is 0.311 e. The van der Waals surface area contributed by atoms with E-state index < -0.39 is 10.8 Å². The Morgan fingerprint density at radius 1 is 0.406 bits per heavy atom. The van der Waals surface area contributed by atoms with E-state index in [1.807, 2.05) is 20.8 Å². The number of benzene rings is 12. The van der Waals surface area contributed by atoms with Gasteiger partial charge in [-0.15, -0.1) is 0 Å². The molecular formula is C62H40O2. The van der Waals surface area contributed by atoms with Crippen molar-refractivity contribution in [1.29, 1.82) is 0 Å². The molecule has 12 rings (SSSR count). The summed E-state index contributed by atoms with van der Waals surface area (Å²) < 4.78 is 6.05. The number of esters is 1. The van der Waals surface area contributed by atoms with Gasteiger partial charge in [0, 0.05) is 23.1 Å². The fraction of sp³-hybridized carbons (Fsp3) is 0.113. The van der Waals surface area contributed by atoms with E-state index in [4.69, 9.17) is 4.74 Å². The van der Waals surface area contributed by atoms with Gasteiger partial charge in [-0.2, -0.15) is 0 Å². The van der Waals surface area contributed by atoms with E-state index in [0.717, 1.165) is 49.0 Å². The number of carbonyl (C=O) groups excluding carboxylic acids is 1. The lowest BCUT2D eigenvalue weighted by Gasteiger charge is -2.20. The lowest BCUT2D eigenvalue weighted by molar-refractivity contribution is -0.153. The van der Waals surface area contributed by atoms with Gasteiger partial charge in [0.1, 0.15) is 0 Å². The normalized spacial score (nSPS) is 12.1. The first-order valence-electron chi connectivity index (χ1n) is 22.0. The highest BCUT2D eigenvalue weighted by Gasteiger charge is 2.28. The summed E-state index contributed by atoms with van der Waals surface area (Å²) >= 11 is 0. The molecular weight excluding hydrogens is 777 g/mol. The van der Waals surface area contributed by atoms with Gasteiger partial charge in [0.25, 0.3) is 0 Å². The van der Waals surface area contributed by atoms with Crippen LogP contribution >= 0.6 is 0 Å². The Bertz CT molecular complexity index is 3670. The van der Waals surface area contributed by atoms with Gasteiger partial charge in [-0.05, 0) is 136 Å². The van der Waals surface area contributed by atoms with Gasteiger partial charge < -0.3 is 4.74 Å². The molecule has 0 aliphatic rings. The lowest BCUT2D eigenvalue weighted by Crippen LogP contribution is -2.25. The van der Waals surface area contributed by atoms with E-state index in [-0.39, 0.29) is 19.0 Å². The Kier molecular flexibility index (Phi) is 8.37. The van der Waals surface area contributed by atoms with Gasteiger partial charge in [-0.1, -0.05) is 181 Å². The van der Waals surface area contributed by atoms with Gasteiger partial charge >= 0.3 is 5.97 Å². The second kappa shape index (κ2) is 14.2. The molecule has 0 saturated heterocycles. The summed E-state index contributed by atoms with van der Waals surface area (Å²) in [7, 11) is 0. The van der Waals surface area contributed by atoms with Gasteiger partial charge in [0.2, 0.25) is 0 Å². The fourth-order valence-corrected chi connectivity index (χ4v) is 9.91. The van der Waals surface area contributed by atoms with Crippen LogP contribution in [0.5, 0.6) is 0 Å². The van der Waals surface area contributed by atoms with Crippen molar-refractivity contribution in [2.45, 2.75) is 27.2 Å². The molecule has 0 aliphatic heterocycles. The minimum atomic E-state index is -1.23. The van der Waals surface area contributed by atoms with Crippen LogP contribution in [0.2, 0.25) is 0 Å². The van der Waals surface area contributed by atoms with Crippen LogP contribution in [0.3, 0.4) is 0 Å². The molecule has 0 unspecified atom stereocenters. The quantitative estimate of drug-likeness (QED) is 0.101. The summed E-state index contributed by atoms with van der Waals surface area (Å²) in [5.74, 6) is 21.9. The second-order valence-electron chi connectivity index (χ2n) is 18.2. The third kappa shape index (κ3) is 6.05. The molecule has 0 fully saturated rings. The largest absolute Gasteiger partial charge is 0.465 e. The zero-order valence-electron chi connectivity index (χ0n) is 35.8. The zero-order valence-corrected chi connectivity index (χ0v) is 35.8. The molecule has 0 atom stereocenters. The van der Waals surface area contributed by atoms with Gasteiger partial charge in [0.05, 0.1) is 12.0 Å². The SMILES string of the molecule is CC(C)(C)C(=O)OCCC(C#Cc1cc2cccc3ccc4cccc1c4c32)(C#Cc1cc2cccc3ccc4cccc1c4c32)C#Cc1cc2cccc3ccc4cccc1c4c32. The van der Waals surface area contributed by atoms with Gasteiger partial charge in [-0.3, -0.25) is 4.79 Å². The van der Waals surface area contributed by atoms with Crippen LogP contribution in [0.4, 0.5) is 0 Å². The highest BCUT2D eigenvalue weighted by atomic mass is 16.5. The summed E-state index contributed by atoms with van der Waals surface area (Å²) in [6.45, 7) is 5.72. The molecule has 2 heteroatoms. The van der Waals surface area contributed by atoms with Crippen LogP contribution in [-0.4, -0.2) is 12.6 Å². The highest BCUT2D eigenvalue weighted by molar-refractivity contribution is 6.26. The third-order valence-electron chi connectivity index (χ3n) is 13.1. The van der Waals surface area contributed by atoms with Crippen LogP contribution in [0.25, 0.3) is 97.0 Å². The third-order valence-corrected chi connectivity index (χ3v) is 13.1. The Morgan fingerprint density at radius 2 is 0.703 bits per heavy atom. The molecule has 0 aliphatic carbocycles. The molecule has 300 valence electrons. The summed E-state index contributed by atoms with van der Waals surface area (Å²) in [5, 5.41) is 21.1. The number of carbonyl (C=O) groups is 1. The van der Waals surface area contributed by atoms with Crippen molar-refractivity contribution >= 4 is 103 Å². The summed E-state index contributed by atoms with van der Waals surface area (Å²) in [6, 6.07) is 58.5. The molecule has 12 aromatic rings. The van der Waals surface area contributed by atoms with Crippen LogP contribution in [0, 0.1) is 46.4 Å². The first kappa shape index (κ1) is 37.7. The second-order valence-corrected chi connectivity index (χ2v) is 18.2. The molecule has 0 saturated carbocycles. The molecule has 12 aromatic carbocycles. The predicted molar refractivity (Wildman–Crippen MR) is 269 cm³/mol. The molecule has 2 nitrogen and oxygen atoms in total. The van der Waals surface area contributed by atoms with E-state index in [1.54, 1.807) is 0 Å². The summed E-state index contributed by atoms with van der Waals surface area (Å²) in [5.41, 5.74) is 0.805. The van der Waals surface area contributed by atoms with Crippen LogP contribution in [0.1, 0.15) is 43.9 Å².